The topological polar surface area (TPSA) is 73.2 Å². The maximum absolute atomic E-state index is 5.61. The minimum absolute atomic E-state index is 0.180. The van der Waals surface area contributed by atoms with Crippen molar-refractivity contribution < 1.29 is 9.57 Å². The van der Waals surface area contributed by atoms with E-state index in [1.807, 2.05) is 45.0 Å². The van der Waals surface area contributed by atoms with Crippen LogP contribution in [0.4, 0.5) is 0 Å². The van der Waals surface area contributed by atoms with Crippen LogP contribution in [0.1, 0.15) is 30.7 Å². The molecule has 0 saturated heterocycles. The summed E-state index contributed by atoms with van der Waals surface area (Å²) in [5.74, 6) is 6.51. The van der Waals surface area contributed by atoms with Crippen LogP contribution in [-0.4, -0.2) is 16.3 Å². The Morgan fingerprint density at radius 2 is 1.95 bits per heavy atom. The van der Waals surface area contributed by atoms with Crippen molar-refractivity contribution >= 4 is 0 Å². The first kappa shape index (κ1) is 13.4. The SMILES string of the molecule is Cc1[nH]nc(ON)c1Cc1ccc(OC(C)C)cc1. The average molecular weight is 261 g/mol. The molecule has 2 rings (SSSR count). The predicted molar refractivity (Wildman–Crippen MR) is 73.2 cm³/mol. The van der Waals surface area contributed by atoms with Gasteiger partial charge in [-0.25, -0.2) is 0 Å². The van der Waals surface area contributed by atoms with E-state index < -0.39 is 0 Å². The van der Waals surface area contributed by atoms with Crippen molar-refractivity contribution in [2.45, 2.75) is 33.3 Å². The molecule has 1 aromatic heterocycles. The summed E-state index contributed by atoms with van der Waals surface area (Å²) in [4.78, 5) is 4.75. The van der Waals surface area contributed by atoms with Gasteiger partial charge in [0.15, 0.2) is 0 Å². The molecule has 102 valence electrons. The van der Waals surface area contributed by atoms with E-state index in [1.54, 1.807) is 0 Å². The van der Waals surface area contributed by atoms with Gasteiger partial charge >= 0.3 is 0 Å². The molecule has 0 radical (unpaired) electrons. The fourth-order valence-electron chi connectivity index (χ4n) is 1.90. The summed E-state index contributed by atoms with van der Waals surface area (Å²) in [6.45, 7) is 5.96. The number of aromatic amines is 1. The second-order valence-corrected chi connectivity index (χ2v) is 4.74. The van der Waals surface area contributed by atoms with E-state index in [9.17, 15) is 0 Å². The molecule has 19 heavy (non-hydrogen) atoms. The van der Waals surface area contributed by atoms with E-state index in [0.29, 0.717) is 5.88 Å². The van der Waals surface area contributed by atoms with Crippen LogP contribution in [0.2, 0.25) is 0 Å². The summed E-state index contributed by atoms with van der Waals surface area (Å²) in [5, 5.41) is 6.86. The fourth-order valence-corrected chi connectivity index (χ4v) is 1.90. The van der Waals surface area contributed by atoms with Crippen molar-refractivity contribution in [3.63, 3.8) is 0 Å². The first-order valence-electron chi connectivity index (χ1n) is 6.26. The number of hydrogen-bond acceptors (Lipinski definition) is 4. The Morgan fingerprint density at radius 1 is 1.26 bits per heavy atom. The van der Waals surface area contributed by atoms with E-state index in [1.165, 1.54) is 0 Å². The molecule has 0 aliphatic heterocycles. The number of ether oxygens (including phenoxy) is 1. The number of aromatic nitrogens is 2. The first-order valence-corrected chi connectivity index (χ1v) is 6.26. The molecular weight excluding hydrogens is 242 g/mol. The number of H-pyrrole nitrogens is 1. The molecule has 0 bridgehead atoms. The Bertz CT molecular complexity index is 532. The van der Waals surface area contributed by atoms with Crippen molar-refractivity contribution in [1.29, 1.82) is 0 Å². The average Bonchev–Trinajstić information content (AvgIpc) is 2.72. The van der Waals surface area contributed by atoms with E-state index in [-0.39, 0.29) is 6.10 Å². The third-order valence-electron chi connectivity index (χ3n) is 2.82. The smallest absolute Gasteiger partial charge is 0.259 e. The molecule has 5 nitrogen and oxygen atoms in total. The molecule has 0 amide bonds. The van der Waals surface area contributed by atoms with Gasteiger partial charge < -0.3 is 9.57 Å². The third kappa shape index (κ3) is 3.26. The Kier molecular flexibility index (Phi) is 4.06. The summed E-state index contributed by atoms with van der Waals surface area (Å²) in [6.07, 6.45) is 0.899. The highest BCUT2D eigenvalue weighted by molar-refractivity contribution is 5.37. The van der Waals surface area contributed by atoms with Gasteiger partial charge in [-0.05, 0) is 38.5 Å². The molecule has 2 aromatic rings. The molecule has 0 aliphatic rings. The molecule has 5 heteroatoms. The molecule has 3 N–H and O–H groups in total. The van der Waals surface area contributed by atoms with Crippen molar-refractivity contribution in [3.05, 3.63) is 41.1 Å². The van der Waals surface area contributed by atoms with Crippen molar-refractivity contribution in [2.24, 2.45) is 5.90 Å². The number of nitrogens with zero attached hydrogens (tertiary/aromatic N) is 1. The minimum atomic E-state index is 0.180. The highest BCUT2D eigenvalue weighted by Gasteiger charge is 2.11. The Morgan fingerprint density at radius 3 is 2.53 bits per heavy atom. The molecule has 0 fully saturated rings. The van der Waals surface area contributed by atoms with Crippen molar-refractivity contribution in [2.75, 3.05) is 0 Å². The minimum Gasteiger partial charge on any atom is -0.491 e. The lowest BCUT2D eigenvalue weighted by Gasteiger charge is -2.10. The number of hydrogen-bond donors (Lipinski definition) is 2. The van der Waals surface area contributed by atoms with Crippen LogP contribution in [0, 0.1) is 6.92 Å². The molecular formula is C14H19N3O2. The Labute approximate surface area is 112 Å². The second-order valence-electron chi connectivity index (χ2n) is 4.74. The lowest BCUT2D eigenvalue weighted by atomic mass is 10.1. The van der Waals surface area contributed by atoms with E-state index >= 15 is 0 Å². The standard InChI is InChI=1S/C14H19N3O2/c1-9(2)18-12-6-4-11(5-7-12)8-13-10(3)16-17-14(13)19-15/h4-7,9H,8,15H2,1-3H3,(H,16,17). The maximum Gasteiger partial charge on any atom is 0.259 e. The van der Waals surface area contributed by atoms with Gasteiger partial charge in [-0.1, -0.05) is 12.1 Å². The number of aryl methyl sites for hydroxylation is 1. The predicted octanol–water partition coefficient (Wildman–Crippen LogP) is 2.35. The monoisotopic (exact) mass is 261 g/mol. The molecule has 0 unspecified atom stereocenters. The number of benzene rings is 1. The summed E-state index contributed by atoms with van der Waals surface area (Å²) < 4.78 is 5.61. The van der Waals surface area contributed by atoms with Gasteiger partial charge in [-0.15, -0.1) is 5.10 Å². The van der Waals surface area contributed by atoms with Crippen LogP contribution in [0.15, 0.2) is 24.3 Å². The third-order valence-corrected chi connectivity index (χ3v) is 2.82. The lowest BCUT2D eigenvalue weighted by Crippen LogP contribution is -2.06. The van der Waals surface area contributed by atoms with Crippen LogP contribution in [0.25, 0.3) is 0 Å². The van der Waals surface area contributed by atoms with Gasteiger partial charge in [-0.3, -0.25) is 5.10 Å². The molecule has 0 aliphatic carbocycles. The summed E-state index contributed by atoms with van der Waals surface area (Å²) in [6, 6.07) is 8.00. The second kappa shape index (κ2) is 5.75. The van der Waals surface area contributed by atoms with Gasteiger partial charge in [-0.2, -0.15) is 5.90 Å². The van der Waals surface area contributed by atoms with Gasteiger partial charge in [0.1, 0.15) is 5.75 Å². The summed E-state index contributed by atoms with van der Waals surface area (Å²) in [5.41, 5.74) is 3.09. The lowest BCUT2D eigenvalue weighted by molar-refractivity contribution is 0.242. The Balaban J connectivity index is 2.13. The summed E-state index contributed by atoms with van der Waals surface area (Å²) in [7, 11) is 0. The number of nitrogens with two attached hydrogens (primary N) is 1. The van der Waals surface area contributed by atoms with Crippen LogP contribution >= 0.6 is 0 Å². The van der Waals surface area contributed by atoms with Crippen molar-refractivity contribution in [1.82, 2.24) is 10.2 Å². The van der Waals surface area contributed by atoms with Crippen LogP contribution < -0.4 is 15.5 Å². The zero-order valence-corrected chi connectivity index (χ0v) is 11.4. The zero-order valence-electron chi connectivity index (χ0n) is 11.4. The van der Waals surface area contributed by atoms with Crippen LogP contribution in [0.5, 0.6) is 11.6 Å². The van der Waals surface area contributed by atoms with Gasteiger partial charge in [0.05, 0.1) is 6.10 Å². The van der Waals surface area contributed by atoms with Gasteiger partial charge in [0, 0.05) is 17.7 Å². The number of nitrogens with one attached hydrogen (secondary N) is 1. The maximum atomic E-state index is 5.61. The fraction of sp³-hybridized carbons (Fsp3) is 0.357. The molecule has 0 spiro atoms. The molecule has 0 atom stereocenters. The highest BCUT2D eigenvalue weighted by Crippen LogP contribution is 2.22. The Hall–Kier alpha value is -2.01. The van der Waals surface area contributed by atoms with Gasteiger partial charge in [0.2, 0.25) is 0 Å². The highest BCUT2D eigenvalue weighted by atomic mass is 16.6. The largest absolute Gasteiger partial charge is 0.491 e. The first-order chi connectivity index (χ1) is 9.10. The normalized spacial score (nSPS) is 10.8. The van der Waals surface area contributed by atoms with Crippen molar-refractivity contribution in [3.8, 4) is 11.6 Å². The van der Waals surface area contributed by atoms with Crippen LogP contribution in [-0.2, 0) is 6.42 Å². The van der Waals surface area contributed by atoms with Crippen LogP contribution in [0.3, 0.4) is 0 Å². The van der Waals surface area contributed by atoms with E-state index in [0.717, 1.165) is 29.0 Å². The quantitative estimate of drug-likeness (QED) is 0.810. The number of rotatable bonds is 5. The van der Waals surface area contributed by atoms with Gasteiger partial charge in [0.25, 0.3) is 5.88 Å². The van der Waals surface area contributed by atoms with E-state index in [2.05, 4.69) is 10.2 Å². The zero-order chi connectivity index (χ0) is 13.8. The molecule has 1 heterocycles. The molecule has 0 saturated carbocycles. The summed E-state index contributed by atoms with van der Waals surface area (Å²) >= 11 is 0. The van der Waals surface area contributed by atoms with E-state index in [4.69, 9.17) is 15.5 Å². The molecule has 1 aromatic carbocycles.